The predicted octanol–water partition coefficient (Wildman–Crippen LogP) is 3.28. The first-order chi connectivity index (χ1) is 6.20. The lowest BCUT2D eigenvalue weighted by Crippen LogP contribution is -1.96. The minimum absolute atomic E-state index is 0.447. The highest BCUT2D eigenvalue weighted by atomic mass is 32.1. The zero-order valence-electron chi connectivity index (χ0n) is 8.59. The van der Waals surface area contributed by atoms with E-state index in [1.165, 1.54) is 5.56 Å². The number of rotatable bonds is 4. The summed E-state index contributed by atoms with van der Waals surface area (Å²) in [5.74, 6) is 1.42. The van der Waals surface area contributed by atoms with Crippen LogP contribution in [0.3, 0.4) is 0 Å². The van der Waals surface area contributed by atoms with E-state index in [0.717, 1.165) is 10.8 Å². The maximum absolute atomic E-state index is 5.51. The highest BCUT2D eigenvalue weighted by Crippen LogP contribution is 2.40. The lowest BCUT2D eigenvalue weighted by Gasteiger charge is -2.09. The summed E-state index contributed by atoms with van der Waals surface area (Å²) in [5.41, 5.74) is 1.19. The number of hydrogen-bond donors (Lipinski definition) is 0. The van der Waals surface area contributed by atoms with Gasteiger partial charge in [-0.05, 0) is 12.8 Å². The second-order valence-corrected chi connectivity index (χ2v) is 3.94. The molecule has 0 saturated carbocycles. The van der Waals surface area contributed by atoms with Crippen molar-refractivity contribution in [3.8, 4) is 10.8 Å². The van der Waals surface area contributed by atoms with Crippen molar-refractivity contribution in [1.29, 1.82) is 0 Å². The van der Waals surface area contributed by atoms with Gasteiger partial charge in [-0.3, -0.25) is 0 Å². The van der Waals surface area contributed by atoms with E-state index in [2.05, 4.69) is 13.8 Å². The van der Waals surface area contributed by atoms with Gasteiger partial charge in [0.1, 0.15) is 5.75 Å². The van der Waals surface area contributed by atoms with Crippen LogP contribution in [0.15, 0.2) is 5.38 Å². The first-order valence-corrected chi connectivity index (χ1v) is 5.36. The molecular formula is C10H16O2S. The summed E-state index contributed by atoms with van der Waals surface area (Å²) in [7, 11) is 1.70. The van der Waals surface area contributed by atoms with E-state index in [1.807, 2.05) is 12.3 Å². The number of methoxy groups -OCH3 is 1. The van der Waals surface area contributed by atoms with Gasteiger partial charge in [-0.25, -0.2) is 0 Å². The standard InChI is InChI=1S/C10H16O2S/c1-5-12-8-6-13-10(11-4)9(8)7(2)3/h6-7H,5H2,1-4H3. The first kappa shape index (κ1) is 10.4. The molecule has 0 amide bonds. The molecule has 1 aromatic rings. The largest absolute Gasteiger partial charge is 0.493 e. The van der Waals surface area contributed by atoms with Gasteiger partial charge in [-0.1, -0.05) is 13.8 Å². The Bertz CT molecular complexity index is 266. The Kier molecular flexibility index (Phi) is 3.60. The molecule has 0 N–H and O–H groups in total. The highest BCUT2D eigenvalue weighted by molar-refractivity contribution is 7.12. The molecular weight excluding hydrogens is 184 g/mol. The van der Waals surface area contributed by atoms with E-state index in [0.29, 0.717) is 12.5 Å². The van der Waals surface area contributed by atoms with Gasteiger partial charge in [0.25, 0.3) is 0 Å². The normalized spacial score (nSPS) is 10.5. The van der Waals surface area contributed by atoms with E-state index in [9.17, 15) is 0 Å². The minimum atomic E-state index is 0.447. The van der Waals surface area contributed by atoms with Crippen LogP contribution < -0.4 is 9.47 Å². The summed E-state index contributed by atoms with van der Waals surface area (Å²) in [6.45, 7) is 6.99. The van der Waals surface area contributed by atoms with Crippen molar-refractivity contribution in [2.45, 2.75) is 26.7 Å². The van der Waals surface area contributed by atoms with Gasteiger partial charge >= 0.3 is 0 Å². The van der Waals surface area contributed by atoms with Crippen molar-refractivity contribution in [3.05, 3.63) is 10.9 Å². The van der Waals surface area contributed by atoms with E-state index >= 15 is 0 Å². The summed E-state index contributed by atoms with van der Waals surface area (Å²) < 4.78 is 10.8. The molecule has 0 aliphatic rings. The predicted molar refractivity (Wildman–Crippen MR) is 56.1 cm³/mol. The maximum Gasteiger partial charge on any atom is 0.180 e. The molecule has 1 rings (SSSR count). The van der Waals surface area contributed by atoms with Crippen LogP contribution in [0.2, 0.25) is 0 Å². The Morgan fingerprint density at radius 2 is 2.15 bits per heavy atom. The molecule has 0 radical (unpaired) electrons. The molecule has 0 atom stereocenters. The lowest BCUT2D eigenvalue weighted by atomic mass is 10.1. The molecule has 0 fully saturated rings. The van der Waals surface area contributed by atoms with Crippen molar-refractivity contribution in [3.63, 3.8) is 0 Å². The van der Waals surface area contributed by atoms with Crippen LogP contribution in [0.1, 0.15) is 32.3 Å². The fraction of sp³-hybridized carbons (Fsp3) is 0.600. The van der Waals surface area contributed by atoms with Crippen LogP contribution in [0.5, 0.6) is 10.8 Å². The fourth-order valence-corrected chi connectivity index (χ4v) is 2.25. The van der Waals surface area contributed by atoms with Crippen molar-refractivity contribution in [2.24, 2.45) is 0 Å². The Labute approximate surface area is 83.5 Å². The zero-order valence-corrected chi connectivity index (χ0v) is 9.40. The Morgan fingerprint density at radius 3 is 2.62 bits per heavy atom. The fourth-order valence-electron chi connectivity index (χ4n) is 1.28. The van der Waals surface area contributed by atoms with Crippen molar-refractivity contribution in [2.75, 3.05) is 13.7 Å². The van der Waals surface area contributed by atoms with E-state index in [-0.39, 0.29) is 0 Å². The molecule has 0 unspecified atom stereocenters. The van der Waals surface area contributed by atoms with Crippen LogP contribution in [0, 0.1) is 0 Å². The molecule has 0 aliphatic carbocycles. The van der Waals surface area contributed by atoms with Crippen molar-refractivity contribution < 1.29 is 9.47 Å². The third-order valence-electron chi connectivity index (χ3n) is 1.82. The van der Waals surface area contributed by atoms with Gasteiger partial charge < -0.3 is 9.47 Å². The zero-order chi connectivity index (χ0) is 9.84. The van der Waals surface area contributed by atoms with E-state index in [1.54, 1.807) is 18.4 Å². The monoisotopic (exact) mass is 200 g/mol. The third kappa shape index (κ3) is 2.15. The molecule has 3 heteroatoms. The second kappa shape index (κ2) is 4.51. The molecule has 1 heterocycles. The van der Waals surface area contributed by atoms with Crippen molar-refractivity contribution >= 4 is 11.3 Å². The van der Waals surface area contributed by atoms with Crippen molar-refractivity contribution in [1.82, 2.24) is 0 Å². The summed E-state index contributed by atoms with van der Waals surface area (Å²) in [5, 5.41) is 2.98. The Morgan fingerprint density at radius 1 is 1.46 bits per heavy atom. The number of hydrogen-bond acceptors (Lipinski definition) is 3. The average Bonchev–Trinajstić information content (AvgIpc) is 2.48. The van der Waals surface area contributed by atoms with Gasteiger partial charge in [0, 0.05) is 5.38 Å². The first-order valence-electron chi connectivity index (χ1n) is 4.48. The van der Waals surface area contributed by atoms with E-state index in [4.69, 9.17) is 9.47 Å². The summed E-state index contributed by atoms with van der Waals surface area (Å²) in [4.78, 5) is 0. The molecule has 0 bridgehead atoms. The molecule has 0 spiro atoms. The minimum Gasteiger partial charge on any atom is -0.493 e. The second-order valence-electron chi connectivity index (χ2n) is 3.09. The summed E-state index contributed by atoms with van der Waals surface area (Å²) in [6, 6.07) is 0. The summed E-state index contributed by atoms with van der Waals surface area (Å²) >= 11 is 1.60. The molecule has 2 nitrogen and oxygen atoms in total. The number of ether oxygens (including phenoxy) is 2. The van der Waals surface area contributed by atoms with Gasteiger partial charge in [-0.2, -0.15) is 0 Å². The molecule has 13 heavy (non-hydrogen) atoms. The van der Waals surface area contributed by atoms with Crippen LogP contribution in [0.25, 0.3) is 0 Å². The lowest BCUT2D eigenvalue weighted by molar-refractivity contribution is 0.333. The molecule has 74 valence electrons. The van der Waals surface area contributed by atoms with Gasteiger partial charge in [0.05, 0.1) is 19.3 Å². The van der Waals surface area contributed by atoms with E-state index < -0.39 is 0 Å². The maximum atomic E-state index is 5.51. The summed E-state index contributed by atoms with van der Waals surface area (Å²) in [6.07, 6.45) is 0. The SMILES string of the molecule is CCOc1csc(OC)c1C(C)C. The van der Waals surface area contributed by atoms with Crippen LogP contribution in [-0.4, -0.2) is 13.7 Å². The topological polar surface area (TPSA) is 18.5 Å². The number of thiophene rings is 1. The van der Waals surface area contributed by atoms with Crippen LogP contribution in [-0.2, 0) is 0 Å². The third-order valence-corrected chi connectivity index (χ3v) is 2.75. The van der Waals surface area contributed by atoms with Gasteiger partial charge in [0.2, 0.25) is 0 Å². The molecule has 0 aliphatic heterocycles. The quantitative estimate of drug-likeness (QED) is 0.742. The smallest absolute Gasteiger partial charge is 0.180 e. The van der Waals surface area contributed by atoms with Crippen LogP contribution >= 0.6 is 11.3 Å². The molecule has 0 aromatic carbocycles. The Hall–Kier alpha value is -0.700. The highest BCUT2D eigenvalue weighted by Gasteiger charge is 2.16. The van der Waals surface area contributed by atoms with Crippen LogP contribution in [0.4, 0.5) is 0 Å². The average molecular weight is 200 g/mol. The molecule has 1 aromatic heterocycles. The van der Waals surface area contributed by atoms with Gasteiger partial charge in [-0.15, -0.1) is 11.3 Å². The van der Waals surface area contributed by atoms with Gasteiger partial charge in [0.15, 0.2) is 5.06 Å². The molecule has 0 saturated heterocycles. The Balaban J connectivity index is 2.99.